The molecule has 4 rings (SSSR count). The van der Waals surface area contributed by atoms with Crippen LogP contribution in [0.5, 0.6) is 0 Å². The Kier molecular flexibility index (Phi) is 5.39. The van der Waals surface area contributed by atoms with Crippen molar-refractivity contribution < 1.29 is 14.1 Å². The first-order chi connectivity index (χ1) is 14.0. The molecule has 3 aromatic heterocycles. The molecule has 9 heteroatoms. The molecule has 4 heterocycles. The lowest BCUT2D eigenvalue weighted by molar-refractivity contribution is -0.132. The van der Waals surface area contributed by atoms with Crippen LogP contribution in [0.15, 0.2) is 28.9 Å². The fourth-order valence-corrected chi connectivity index (χ4v) is 4.39. The number of nitrogens with one attached hydrogen (secondary N) is 1. The molecule has 0 spiro atoms. The Bertz CT molecular complexity index is 1020. The van der Waals surface area contributed by atoms with E-state index in [0.29, 0.717) is 43.2 Å². The zero-order valence-electron chi connectivity index (χ0n) is 16.3. The number of fused-ring (bicyclic) bond motifs is 1. The predicted octanol–water partition coefficient (Wildman–Crippen LogP) is 2.91. The third-order valence-electron chi connectivity index (χ3n) is 4.97. The van der Waals surface area contributed by atoms with Gasteiger partial charge in [-0.25, -0.2) is 4.98 Å². The standard InChI is InChI=1S/C20H21N5O3S/c1-12-14(13(2)28-24-12)6-7-18(26)25-10-8-15-17(11-25)29-20(22-15)23-19(27)16-5-3-4-9-21-16/h3-5,9H,6-8,10-11H2,1-2H3,(H,22,23,27). The van der Waals surface area contributed by atoms with Gasteiger partial charge in [0.2, 0.25) is 5.91 Å². The number of nitrogens with zero attached hydrogens (tertiary/aromatic N) is 4. The maximum atomic E-state index is 12.7. The van der Waals surface area contributed by atoms with Crippen LogP contribution in [0.4, 0.5) is 5.13 Å². The van der Waals surface area contributed by atoms with Crippen LogP contribution < -0.4 is 5.32 Å². The van der Waals surface area contributed by atoms with E-state index in [1.54, 1.807) is 24.4 Å². The van der Waals surface area contributed by atoms with E-state index in [4.69, 9.17) is 4.52 Å². The highest BCUT2D eigenvalue weighted by Crippen LogP contribution is 2.29. The Morgan fingerprint density at radius 3 is 2.90 bits per heavy atom. The topological polar surface area (TPSA) is 101 Å². The number of aryl methyl sites for hydroxylation is 2. The summed E-state index contributed by atoms with van der Waals surface area (Å²) in [6, 6.07) is 5.18. The quantitative estimate of drug-likeness (QED) is 0.693. The van der Waals surface area contributed by atoms with Crippen molar-refractivity contribution in [3.8, 4) is 0 Å². The van der Waals surface area contributed by atoms with Crippen LogP contribution >= 0.6 is 11.3 Å². The molecule has 1 N–H and O–H groups in total. The summed E-state index contributed by atoms with van der Waals surface area (Å²) >= 11 is 1.41. The second-order valence-electron chi connectivity index (χ2n) is 6.93. The molecule has 0 radical (unpaired) electrons. The predicted molar refractivity (Wildman–Crippen MR) is 108 cm³/mol. The molecule has 1 aliphatic heterocycles. The van der Waals surface area contributed by atoms with Gasteiger partial charge in [-0.05, 0) is 32.4 Å². The Morgan fingerprint density at radius 1 is 1.31 bits per heavy atom. The maximum Gasteiger partial charge on any atom is 0.276 e. The molecule has 3 aromatic rings. The molecule has 0 atom stereocenters. The lowest BCUT2D eigenvalue weighted by Crippen LogP contribution is -2.35. The monoisotopic (exact) mass is 411 g/mol. The maximum absolute atomic E-state index is 12.7. The van der Waals surface area contributed by atoms with Gasteiger partial charge in [-0.15, -0.1) is 0 Å². The lowest BCUT2D eigenvalue weighted by Gasteiger charge is -2.26. The second-order valence-corrected chi connectivity index (χ2v) is 8.01. The van der Waals surface area contributed by atoms with Gasteiger partial charge >= 0.3 is 0 Å². The molecule has 0 saturated carbocycles. The molecular weight excluding hydrogens is 390 g/mol. The Morgan fingerprint density at radius 2 is 2.17 bits per heavy atom. The lowest BCUT2D eigenvalue weighted by atomic mass is 10.1. The summed E-state index contributed by atoms with van der Waals surface area (Å²) in [4.78, 5) is 36.4. The van der Waals surface area contributed by atoms with E-state index in [1.165, 1.54) is 11.3 Å². The number of hydrogen-bond donors (Lipinski definition) is 1. The van der Waals surface area contributed by atoms with Gasteiger partial charge in [0.25, 0.3) is 5.91 Å². The molecule has 2 amide bonds. The minimum absolute atomic E-state index is 0.100. The van der Waals surface area contributed by atoms with Crippen molar-refractivity contribution in [1.29, 1.82) is 0 Å². The molecule has 1 aliphatic rings. The third-order valence-corrected chi connectivity index (χ3v) is 5.97. The van der Waals surface area contributed by atoms with Crippen molar-refractivity contribution in [2.24, 2.45) is 0 Å². The normalized spacial score (nSPS) is 13.2. The van der Waals surface area contributed by atoms with Crippen LogP contribution in [0, 0.1) is 13.8 Å². The number of hydrogen-bond acceptors (Lipinski definition) is 7. The summed E-state index contributed by atoms with van der Waals surface area (Å²) in [5.41, 5.74) is 3.14. The summed E-state index contributed by atoms with van der Waals surface area (Å²) in [5.74, 6) is 0.583. The molecule has 0 fully saturated rings. The van der Waals surface area contributed by atoms with Crippen molar-refractivity contribution in [1.82, 2.24) is 20.0 Å². The molecule has 0 unspecified atom stereocenters. The minimum Gasteiger partial charge on any atom is -0.361 e. The molecule has 150 valence electrons. The highest BCUT2D eigenvalue weighted by molar-refractivity contribution is 7.15. The Hall–Kier alpha value is -3.07. The number of carbonyl (C=O) groups is 2. The largest absolute Gasteiger partial charge is 0.361 e. The first-order valence-electron chi connectivity index (χ1n) is 9.41. The number of anilines is 1. The van der Waals surface area contributed by atoms with Gasteiger partial charge in [0.1, 0.15) is 11.5 Å². The summed E-state index contributed by atoms with van der Waals surface area (Å²) in [6.07, 6.45) is 3.30. The van der Waals surface area contributed by atoms with Gasteiger partial charge in [0.05, 0.1) is 17.9 Å². The average molecular weight is 411 g/mol. The Labute approximate surface area is 172 Å². The number of aromatic nitrogens is 3. The SMILES string of the molecule is Cc1noc(C)c1CCC(=O)N1CCc2nc(NC(=O)c3ccccn3)sc2C1. The summed E-state index contributed by atoms with van der Waals surface area (Å²) in [7, 11) is 0. The van der Waals surface area contributed by atoms with Crippen LogP contribution in [-0.4, -0.2) is 38.4 Å². The summed E-state index contributed by atoms with van der Waals surface area (Å²) in [5, 5.41) is 7.28. The van der Waals surface area contributed by atoms with Crippen LogP contribution in [0.25, 0.3) is 0 Å². The number of amides is 2. The molecule has 0 aliphatic carbocycles. The van der Waals surface area contributed by atoms with Crippen molar-refractivity contribution >= 4 is 28.3 Å². The smallest absolute Gasteiger partial charge is 0.276 e. The van der Waals surface area contributed by atoms with Crippen LogP contribution in [0.2, 0.25) is 0 Å². The Balaban J connectivity index is 1.37. The summed E-state index contributed by atoms with van der Waals surface area (Å²) < 4.78 is 5.17. The zero-order chi connectivity index (χ0) is 20.4. The fourth-order valence-electron chi connectivity index (χ4n) is 3.37. The highest BCUT2D eigenvalue weighted by atomic mass is 32.1. The van der Waals surface area contributed by atoms with Crippen LogP contribution in [-0.2, 0) is 24.2 Å². The first kappa shape index (κ1) is 19.3. The van der Waals surface area contributed by atoms with Gasteiger partial charge in [0, 0.05) is 36.0 Å². The molecular formula is C20H21N5O3S. The van der Waals surface area contributed by atoms with Gasteiger partial charge in [0.15, 0.2) is 5.13 Å². The van der Waals surface area contributed by atoms with Crippen LogP contribution in [0.1, 0.15) is 44.5 Å². The van der Waals surface area contributed by atoms with Gasteiger partial charge in [-0.1, -0.05) is 22.6 Å². The average Bonchev–Trinajstić information content (AvgIpc) is 3.28. The van der Waals surface area contributed by atoms with E-state index in [-0.39, 0.29) is 11.8 Å². The molecule has 0 aromatic carbocycles. The van der Waals surface area contributed by atoms with Gasteiger partial charge in [-0.3, -0.25) is 19.9 Å². The van der Waals surface area contributed by atoms with E-state index in [1.807, 2.05) is 18.7 Å². The number of carbonyl (C=O) groups excluding carboxylic acids is 2. The van der Waals surface area contributed by atoms with Crippen molar-refractivity contribution in [3.63, 3.8) is 0 Å². The molecule has 0 saturated heterocycles. The number of thiazole rings is 1. The highest BCUT2D eigenvalue weighted by Gasteiger charge is 2.25. The van der Waals surface area contributed by atoms with Crippen molar-refractivity contribution in [3.05, 3.63) is 57.7 Å². The van der Waals surface area contributed by atoms with E-state index >= 15 is 0 Å². The van der Waals surface area contributed by atoms with E-state index in [0.717, 1.165) is 27.6 Å². The van der Waals surface area contributed by atoms with E-state index in [2.05, 4.69) is 20.4 Å². The molecule has 0 bridgehead atoms. The first-order valence-corrected chi connectivity index (χ1v) is 10.2. The van der Waals surface area contributed by atoms with Crippen LogP contribution in [0.3, 0.4) is 0 Å². The number of rotatable bonds is 5. The van der Waals surface area contributed by atoms with Gasteiger partial charge in [-0.2, -0.15) is 0 Å². The fraction of sp³-hybridized carbons (Fsp3) is 0.350. The molecule has 29 heavy (non-hydrogen) atoms. The summed E-state index contributed by atoms with van der Waals surface area (Å²) in [6.45, 7) is 4.91. The van der Waals surface area contributed by atoms with Crippen molar-refractivity contribution in [2.45, 2.75) is 39.7 Å². The van der Waals surface area contributed by atoms with Crippen molar-refractivity contribution in [2.75, 3.05) is 11.9 Å². The second kappa shape index (κ2) is 8.12. The molecule has 8 nitrogen and oxygen atoms in total. The zero-order valence-corrected chi connectivity index (χ0v) is 17.1. The minimum atomic E-state index is -0.288. The van der Waals surface area contributed by atoms with Gasteiger partial charge < -0.3 is 9.42 Å². The van der Waals surface area contributed by atoms with E-state index < -0.39 is 0 Å². The van der Waals surface area contributed by atoms with E-state index in [9.17, 15) is 9.59 Å². The third kappa shape index (κ3) is 4.19. The number of pyridine rings is 1.